The molecule has 0 unspecified atom stereocenters. The lowest BCUT2D eigenvalue weighted by Gasteiger charge is -2.02. The summed E-state index contributed by atoms with van der Waals surface area (Å²) in [4.78, 5) is 28.0. The van der Waals surface area contributed by atoms with Crippen molar-refractivity contribution in [3.8, 4) is 11.3 Å². The number of carbonyl (C=O) groups excluding carboxylic acids is 2. The van der Waals surface area contributed by atoms with Gasteiger partial charge < -0.3 is 4.74 Å². The summed E-state index contributed by atoms with van der Waals surface area (Å²) < 4.78 is 17.7. The summed E-state index contributed by atoms with van der Waals surface area (Å²) in [6.07, 6.45) is 2.66. The molecule has 0 aliphatic rings. The Labute approximate surface area is 165 Å². The second-order valence-corrected chi connectivity index (χ2v) is 6.80. The second-order valence-electron chi connectivity index (χ2n) is 5.94. The third-order valence-corrected chi connectivity index (χ3v) is 4.48. The molecule has 1 N–H and O–H groups in total. The van der Waals surface area contributed by atoms with Gasteiger partial charge in [-0.25, -0.2) is 14.2 Å². The maximum Gasteiger partial charge on any atom is 0.331 e. The number of hydrogen-bond acceptors (Lipinski definition) is 5. The Hall–Kier alpha value is -3.32. The van der Waals surface area contributed by atoms with Gasteiger partial charge in [0.15, 0.2) is 11.7 Å². The van der Waals surface area contributed by atoms with E-state index < -0.39 is 18.5 Å². The number of thiazole rings is 1. The van der Waals surface area contributed by atoms with E-state index in [0.29, 0.717) is 10.7 Å². The van der Waals surface area contributed by atoms with Gasteiger partial charge in [-0.05, 0) is 30.7 Å². The highest BCUT2D eigenvalue weighted by Crippen LogP contribution is 2.25. The van der Waals surface area contributed by atoms with Crippen LogP contribution in [0.15, 0.2) is 60.0 Å². The van der Waals surface area contributed by atoms with E-state index in [-0.39, 0.29) is 5.82 Å². The van der Waals surface area contributed by atoms with Crippen LogP contribution in [-0.4, -0.2) is 23.5 Å². The number of esters is 1. The van der Waals surface area contributed by atoms with E-state index in [2.05, 4.69) is 10.3 Å². The van der Waals surface area contributed by atoms with E-state index in [1.54, 1.807) is 0 Å². The van der Waals surface area contributed by atoms with E-state index in [4.69, 9.17) is 4.74 Å². The standard InChI is InChI=1S/C21H17FN2O3S/c1-14-2-7-16(8-3-14)18-13-28-21(23-18)24-19(25)12-27-20(26)11-6-15-4-9-17(22)10-5-15/h2-11,13H,12H2,1H3,(H,23,24,25)/b11-6+. The molecule has 3 aromatic rings. The van der Waals surface area contributed by atoms with Gasteiger partial charge in [-0.3, -0.25) is 10.1 Å². The molecule has 0 atom stereocenters. The summed E-state index contributed by atoms with van der Waals surface area (Å²) in [6.45, 7) is 1.58. The fourth-order valence-electron chi connectivity index (χ4n) is 2.27. The van der Waals surface area contributed by atoms with Gasteiger partial charge >= 0.3 is 5.97 Å². The molecule has 0 saturated carbocycles. The summed E-state index contributed by atoms with van der Waals surface area (Å²) in [7, 11) is 0. The molecule has 7 heteroatoms. The molecule has 0 radical (unpaired) electrons. The molecule has 2 aromatic carbocycles. The zero-order valence-corrected chi connectivity index (χ0v) is 15.8. The fourth-order valence-corrected chi connectivity index (χ4v) is 3.00. The first kappa shape index (κ1) is 19.4. The van der Waals surface area contributed by atoms with Crippen LogP contribution in [0.25, 0.3) is 17.3 Å². The van der Waals surface area contributed by atoms with Crippen LogP contribution in [0, 0.1) is 12.7 Å². The lowest BCUT2D eigenvalue weighted by atomic mass is 10.1. The monoisotopic (exact) mass is 396 g/mol. The van der Waals surface area contributed by atoms with Crippen molar-refractivity contribution in [2.45, 2.75) is 6.92 Å². The number of anilines is 1. The SMILES string of the molecule is Cc1ccc(-c2csc(NC(=O)COC(=O)/C=C/c3ccc(F)cc3)n2)cc1. The van der Waals surface area contributed by atoms with Crippen LogP contribution in [0.5, 0.6) is 0 Å². The summed E-state index contributed by atoms with van der Waals surface area (Å²) in [5.74, 6) is -1.50. The number of carbonyl (C=O) groups is 2. The fraction of sp³-hybridized carbons (Fsp3) is 0.0952. The third-order valence-electron chi connectivity index (χ3n) is 3.73. The van der Waals surface area contributed by atoms with Crippen LogP contribution in [0.3, 0.4) is 0 Å². The number of aryl methyl sites for hydroxylation is 1. The molecular formula is C21H17FN2O3S. The molecule has 0 fully saturated rings. The predicted molar refractivity (Wildman–Crippen MR) is 107 cm³/mol. The van der Waals surface area contributed by atoms with Gasteiger partial charge in [0, 0.05) is 17.0 Å². The molecule has 5 nitrogen and oxygen atoms in total. The van der Waals surface area contributed by atoms with Gasteiger partial charge in [0.2, 0.25) is 0 Å². The second kappa shape index (κ2) is 9.05. The minimum atomic E-state index is -0.668. The van der Waals surface area contributed by atoms with Crippen LogP contribution in [0.1, 0.15) is 11.1 Å². The Bertz CT molecular complexity index is 995. The molecule has 0 bridgehead atoms. The summed E-state index contributed by atoms with van der Waals surface area (Å²) in [6, 6.07) is 13.5. The number of halogens is 1. The molecule has 1 amide bonds. The van der Waals surface area contributed by atoms with Crippen LogP contribution in [0.2, 0.25) is 0 Å². The normalized spacial score (nSPS) is 10.8. The Morgan fingerprint density at radius 2 is 1.86 bits per heavy atom. The lowest BCUT2D eigenvalue weighted by Crippen LogP contribution is -2.20. The molecule has 0 saturated heterocycles. The maximum atomic E-state index is 12.8. The molecule has 0 spiro atoms. The third kappa shape index (κ3) is 5.59. The largest absolute Gasteiger partial charge is 0.452 e. The molecule has 1 aromatic heterocycles. The summed E-state index contributed by atoms with van der Waals surface area (Å²) in [5, 5.41) is 4.88. The van der Waals surface area contributed by atoms with Crippen molar-refractivity contribution < 1.29 is 18.7 Å². The van der Waals surface area contributed by atoms with Gasteiger partial charge in [0.05, 0.1) is 5.69 Å². The smallest absolute Gasteiger partial charge is 0.331 e. The van der Waals surface area contributed by atoms with E-state index in [9.17, 15) is 14.0 Å². The Balaban J connectivity index is 1.48. The maximum absolute atomic E-state index is 12.8. The molecule has 28 heavy (non-hydrogen) atoms. The summed E-state index contributed by atoms with van der Waals surface area (Å²) in [5.41, 5.74) is 3.52. The number of rotatable bonds is 6. The van der Waals surface area contributed by atoms with Gasteiger partial charge in [-0.2, -0.15) is 0 Å². The van der Waals surface area contributed by atoms with Crippen molar-refractivity contribution in [1.82, 2.24) is 4.98 Å². The number of hydrogen-bond donors (Lipinski definition) is 1. The minimum Gasteiger partial charge on any atom is -0.452 e. The topological polar surface area (TPSA) is 68.3 Å². The number of ether oxygens (including phenoxy) is 1. The Kier molecular flexibility index (Phi) is 6.29. The molecular weight excluding hydrogens is 379 g/mol. The van der Waals surface area contributed by atoms with Gasteiger partial charge in [-0.1, -0.05) is 42.0 Å². The molecule has 3 rings (SSSR count). The van der Waals surface area contributed by atoms with Crippen molar-refractivity contribution in [2.24, 2.45) is 0 Å². The molecule has 0 aliphatic carbocycles. The van der Waals surface area contributed by atoms with E-state index in [1.165, 1.54) is 47.8 Å². The first-order valence-electron chi connectivity index (χ1n) is 8.42. The average molecular weight is 396 g/mol. The van der Waals surface area contributed by atoms with E-state index >= 15 is 0 Å². The van der Waals surface area contributed by atoms with Crippen LogP contribution < -0.4 is 5.32 Å². The first-order chi connectivity index (χ1) is 13.5. The number of amides is 1. The highest BCUT2D eigenvalue weighted by molar-refractivity contribution is 7.14. The van der Waals surface area contributed by atoms with Crippen molar-refractivity contribution in [3.05, 3.63) is 76.9 Å². The van der Waals surface area contributed by atoms with Crippen molar-refractivity contribution in [2.75, 3.05) is 11.9 Å². The molecule has 0 aliphatic heterocycles. The average Bonchev–Trinajstić information content (AvgIpc) is 3.15. The Morgan fingerprint density at radius 1 is 1.14 bits per heavy atom. The van der Waals surface area contributed by atoms with Crippen LogP contribution in [0.4, 0.5) is 9.52 Å². The van der Waals surface area contributed by atoms with Gasteiger partial charge in [0.1, 0.15) is 5.82 Å². The number of nitrogens with zero attached hydrogens (tertiary/aromatic N) is 1. The zero-order chi connectivity index (χ0) is 19.9. The van der Waals surface area contributed by atoms with Crippen LogP contribution >= 0.6 is 11.3 Å². The van der Waals surface area contributed by atoms with Gasteiger partial charge in [-0.15, -0.1) is 11.3 Å². The Morgan fingerprint density at radius 3 is 2.57 bits per heavy atom. The molecule has 1 heterocycles. The quantitative estimate of drug-likeness (QED) is 0.494. The zero-order valence-electron chi connectivity index (χ0n) is 15.0. The predicted octanol–water partition coefficient (Wildman–Crippen LogP) is 4.45. The first-order valence-corrected chi connectivity index (χ1v) is 9.30. The number of aromatic nitrogens is 1. The summed E-state index contributed by atoms with van der Waals surface area (Å²) >= 11 is 1.29. The van der Waals surface area contributed by atoms with Gasteiger partial charge in [0.25, 0.3) is 5.91 Å². The van der Waals surface area contributed by atoms with Crippen molar-refractivity contribution >= 4 is 34.4 Å². The lowest BCUT2D eigenvalue weighted by molar-refractivity contribution is -0.142. The minimum absolute atomic E-state index is 0.357. The van der Waals surface area contributed by atoms with Crippen LogP contribution in [-0.2, 0) is 14.3 Å². The van der Waals surface area contributed by atoms with Crippen molar-refractivity contribution in [3.63, 3.8) is 0 Å². The molecule has 142 valence electrons. The van der Waals surface area contributed by atoms with E-state index in [1.807, 2.05) is 36.6 Å². The number of benzene rings is 2. The van der Waals surface area contributed by atoms with Crippen molar-refractivity contribution in [1.29, 1.82) is 0 Å². The highest BCUT2D eigenvalue weighted by Gasteiger charge is 2.10. The highest BCUT2D eigenvalue weighted by atomic mass is 32.1. The van der Waals surface area contributed by atoms with E-state index in [0.717, 1.165) is 16.8 Å². The number of nitrogens with one attached hydrogen (secondary N) is 1.